The first-order valence-corrected chi connectivity index (χ1v) is 7.92. The number of nitrogens with zero attached hydrogens (tertiary/aromatic N) is 2. The fourth-order valence-electron chi connectivity index (χ4n) is 2.18. The predicted molar refractivity (Wildman–Crippen MR) is 99.3 cm³/mol. The third-order valence-corrected chi connectivity index (χ3v) is 3.86. The van der Waals surface area contributed by atoms with Crippen LogP contribution in [0.25, 0.3) is 0 Å². The van der Waals surface area contributed by atoms with Gasteiger partial charge in [0.25, 0.3) is 5.91 Å². The number of aliphatic carboxylic acids is 1. The zero-order chi connectivity index (χ0) is 18.3. The third kappa shape index (κ3) is 6.72. The van der Waals surface area contributed by atoms with E-state index in [1.807, 2.05) is 13.8 Å². The van der Waals surface area contributed by atoms with Gasteiger partial charge in [0.05, 0.1) is 6.54 Å². The number of hydrogen-bond donors (Lipinski definition) is 2. The summed E-state index contributed by atoms with van der Waals surface area (Å²) in [5, 5.41) is 11.6. The summed E-state index contributed by atoms with van der Waals surface area (Å²) in [5.74, 6) is -1.41. The van der Waals surface area contributed by atoms with Crippen LogP contribution in [-0.2, 0) is 9.59 Å². The van der Waals surface area contributed by atoms with Crippen molar-refractivity contribution in [1.29, 1.82) is 0 Å². The number of benzene rings is 1. The Balaban J connectivity index is 0.00000576. The van der Waals surface area contributed by atoms with Crippen LogP contribution in [0.2, 0.25) is 0 Å². The second-order valence-electron chi connectivity index (χ2n) is 5.54. The lowest BCUT2D eigenvalue weighted by Crippen LogP contribution is -2.40. The number of carbonyl (C=O) groups is 3. The number of rotatable bonds is 8. The molecule has 0 heterocycles. The number of nitrogens with one attached hydrogen (secondary N) is 1. The smallest absolute Gasteiger partial charge is 0.320 e. The van der Waals surface area contributed by atoms with Crippen LogP contribution in [0.15, 0.2) is 24.3 Å². The van der Waals surface area contributed by atoms with E-state index in [0.29, 0.717) is 24.3 Å². The molecule has 0 fully saturated rings. The second-order valence-corrected chi connectivity index (χ2v) is 5.54. The zero-order valence-corrected chi connectivity index (χ0v) is 15.8. The van der Waals surface area contributed by atoms with E-state index in [2.05, 4.69) is 5.32 Å². The molecule has 1 atom stereocenters. The quantitative estimate of drug-likeness (QED) is 0.728. The van der Waals surface area contributed by atoms with Gasteiger partial charge in [-0.3, -0.25) is 19.3 Å². The lowest BCUT2D eigenvalue weighted by Gasteiger charge is -2.21. The minimum absolute atomic E-state index is 0. The van der Waals surface area contributed by atoms with Gasteiger partial charge in [0.15, 0.2) is 0 Å². The standard InChI is InChI=1S/C17H25N3O4.ClH/c1-5-20(6-2)16(22)13-8-7-9-14(10-13)18-15(21)11-19(4)12(3)17(23)24;/h7-10,12H,5-6,11H2,1-4H3,(H,18,21)(H,23,24);1H. The van der Waals surface area contributed by atoms with Gasteiger partial charge in [-0.05, 0) is 46.0 Å². The average Bonchev–Trinajstić information content (AvgIpc) is 2.54. The van der Waals surface area contributed by atoms with Crippen molar-refractivity contribution in [1.82, 2.24) is 9.80 Å². The Kier molecular flexibility index (Phi) is 9.78. The van der Waals surface area contributed by atoms with Gasteiger partial charge < -0.3 is 15.3 Å². The minimum Gasteiger partial charge on any atom is -0.480 e. The van der Waals surface area contributed by atoms with Gasteiger partial charge in [0.2, 0.25) is 5.91 Å². The average molecular weight is 372 g/mol. The van der Waals surface area contributed by atoms with E-state index in [-0.39, 0.29) is 30.8 Å². The van der Waals surface area contributed by atoms with E-state index in [9.17, 15) is 14.4 Å². The van der Waals surface area contributed by atoms with Crippen molar-refractivity contribution in [2.45, 2.75) is 26.8 Å². The van der Waals surface area contributed by atoms with Gasteiger partial charge in [-0.1, -0.05) is 6.07 Å². The van der Waals surface area contributed by atoms with Crippen LogP contribution in [0.4, 0.5) is 5.69 Å². The van der Waals surface area contributed by atoms with Gasteiger partial charge >= 0.3 is 5.97 Å². The van der Waals surface area contributed by atoms with Crippen molar-refractivity contribution < 1.29 is 19.5 Å². The van der Waals surface area contributed by atoms with Gasteiger partial charge in [-0.2, -0.15) is 0 Å². The number of amides is 2. The molecule has 7 nitrogen and oxygen atoms in total. The number of carboxylic acids is 1. The highest BCUT2D eigenvalue weighted by Gasteiger charge is 2.19. The molecule has 0 aliphatic carbocycles. The summed E-state index contributed by atoms with van der Waals surface area (Å²) in [6.45, 7) is 6.51. The molecule has 0 aliphatic rings. The molecule has 8 heteroatoms. The van der Waals surface area contributed by atoms with Crippen molar-refractivity contribution in [2.75, 3.05) is 32.0 Å². The first kappa shape index (κ1) is 22.9. The van der Waals surface area contributed by atoms with Gasteiger partial charge in [0.1, 0.15) is 6.04 Å². The maximum absolute atomic E-state index is 12.3. The summed E-state index contributed by atoms with van der Waals surface area (Å²) in [4.78, 5) is 38.4. The summed E-state index contributed by atoms with van der Waals surface area (Å²) in [6, 6.07) is 5.97. The number of likely N-dealkylation sites (N-methyl/N-ethyl adjacent to an activating group) is 1. The summed E-state index contributed by atoms with van der Waals surface area (Å²) < 4.78 is 0. The molecule has 0 aromatic heterocycles. The molecule has 0 radical (unpaired) electrons. The van der Waals surface area contributed by atoms with Crippen molar-refractivity contribution in [2.24, 2.45) is 0 Å². The molecule has 1 aromatic rings. The molecule has 25 heavy (non-hydrogen) atoms. The molecular weight excluding hydrogens is 346 g/mol. The maximum atomic E-state index is 12.3. The van der Waals surface area contributed by atoms with Crippen molar-refractivity contribution in [3.05, 3.63) is 29.8 Å². The maximum Gasteiger partial charge on any atom is 0.320 e. The highest BCUT2D eigenvalue weighted by molar-refractivity contribution is 5.97. The Morgan fingerprint density at radius 3 is 2.32 bits per heavy atom. The summed E-state index contributed by atoms with van der Waals surface area (Å²) in [6.07, 6.45) is 0. The third-order valence-electron chi connectivity index (χ3n) is 3.86. The molecular formula is C17H26ClN3O4. The Bertz CT molecular complexity index is 605. The van der Waals surface area contributed by atoms with Crippen LogP contribution in [-0.4, -0.2) is 65.4 Å². The number of carboxylic acid groups (broad SMARTS) is 1. The first-order valence-electron chi connectivity index (χ1n) is 7.92. The topological polar surface area (TPSA) is 90.0 Å². The highest BCUT2D eigenvalue weighted by Crippen LogP contribution is 2.13. The lowest BCUT2D eigenvalue weighted by molar-refractivity contribution is -0.142. The van der Waals surface area contributed by atoms with Crippen molar-refractivity contribution in [3.8, 4) is 0 Å². The number of halogens is 1. The summed E-state index contributed by atoms with van der Waals surface area (Å²) in [5.41, 5.74) is 1.01. The monoisotopic (exact) mass is 371 g/mol. The Morgan fingerprint density at radius 1 is 1.20 bits per heavy atom. The van der Waals surface area contributed by atoms with Gasteiger partial charge in [0, 0.05) is 24.3 Å². The van der Waals surface area contributed by atoms with Crippen LogP contribution in [0.5, 0.6) is 0 Å². The normalized spacial score (nSPS) is 11.4. The van der Waals surface area contributed by atoms with Gasteiger partial charge in [-0.15, -0.1) is 12.4 Å². The molecule has 0 saturated carbocycles. The lowest BCUT2D eigenvalue weighted by atomic mass is 10.1. The Labute approximate surface area is 154 Å². The number of carbonyl (C=O) groups excluding carboxylic acids is 2. The largest absolute Gasteiger partial charge is 0.480 e. The molecule has 0 bridgehead atoms. The molecule has 1 rings (SSSR count). The Hall–Kier alpha value is -2.12. The second kappa shape index (κ2) is 10.7. The van der Waals surface area contributed by atoms with E-state index >= 15 is 0 Å². The molecule has 2 amide bonds. The molecule has 0 spiro atoms. The van der Waals surface area contributed by atoms with Crippen LogP contribution in [0, 0.1) is 0 Å². The number of anilines is 1. The van der Waals surface area contributed by atoms with Gasteiger partial charge in [-0.25, -0.2) is 0 Å². The predicted octanol–water partition coefficient (Wildman–Crippen LogP) is 1.93. The molecule has 1 aromatic carbocycles. The van der Waals surface area contributed by atoms with E-state index in [0.717, 1.165) is 0 Å². The van der Waals surface area contributed by atoms with E-state index < -0.39 is 12.0 Å². The minimum atomic E-state index is -0.989. The molecule has 2 N–H and O–H groups in total. The summed E-state index contributed by atoms with van der Waals surface area (Å²) >= 11 is 0. The summed E-state index contributed by atoms with van der Waals surface area (Å²) in [7, 11) is 1.57. The number of hydrogen-bond acceptors (Lipinski definition) is 4. The van der Waals surface area contributed by atoms with E-state index in [1.54, 1.807) is 36.2 Å². The SMILES string of the molecule is CCN(CC)C(=O)c1cccc(NC(=O)CN(C)C(C)C(=O)O)c1.Cl. The van der Waals surface area contributed by atoms with Crippen LogP contribution >= 0.6 is 12.4 Å². The zero-order valence-electron chi connectivity index (χ0n) is 15.0. The van der Waals surface area contributed by atoms with Crippen LogP contribution < -0.4 is 5.32 Å². The van der Waals surface area contributed by atoms with Crippen molar-refractivity contribution in [3.63, 3.8) is 0 Å². The molecule has 1 unspecified atom stereocenters. The van der Waals surface area contributed by atoms with Crippen LogP contribution in [0.3, 0.4) is 0 Å². The van der Waals surface area contributed by atoms with E-state index in [1.165, 1.54) is 11.8 Å². The first-order chi connectivity index (χ1) is 11.3. The highest BCUT2D eigenvalue weighted by atomic mass is 35.5. The molecule has 140 valence electrons. The molecule has 0 aliphatic heterocycles. The van der Waals surface area contributed by atoms with E-state index in [4.69, 9.17) is 5.11 Å². The fourth-order valence-corrected chi connectivity index (χ4v) is 2.18. The molecule has 0 saturated heterocycles. The Morgan fingerprint density at radius 2 is 1.80 bits per heavy atom. The van der Waals surface area contributed by atoms with Crippen LogP contribution in [0.1, 0.15) is 31.1 Å². The fraction of sp³-hybridized carbons (Fsp3) is 0.471. The van der Waals surface area contributed by atoms with Crippen molar-refractivity contribution >= 4 is 35.9 Å².